The van der Waals surface area contributed by atoms with E-state index in [1.54, 1.807) is 6.92 Å². The first kappa shape index (κ1) is 27.8. The number of hydrogen-bond donors (Lipinski definition) is 2. The zero-order chi connectivity index (χ0) is 23.8. The van der Waals surface area contributed by atoms with E-state index in [9.17, 15) is 15.2 Å². The van der Waals surface area contributed by atoms with Crippen molar-refractivity contribution in [2.24, 2.45) is 0 Å². The molecule has 2 N–H and O–H groups in total. The molecule has 6 nitrogen and oxygen atoms in total. The fourth-order valence-corrected chi connectivity index (χ4v) is 3.64. The van der Waals surface area contributed by atoms with Gasteiger partial charge in [0.1, 0.15) is 24.5 Å². The average Bonchev–Trinajstić information content (AvgIpc) is 2.81. The predicted molar refractivity (Wildman–Crippen MR) is 135 cm³/mol. The van der Waals surface area contributed by atoms with Gasteiger partial charge in [0.25, 0.3) is 0 Å². The third-order valence-corrected chi connectivity index (χ3v) is 5.32. The standard InChI is InChI=1S/C27H30N2O4.Na.H/c1-4-32-26(31)22-11-12-23(16-28)25(14-22)33-18-24(30)17-29-27(2,3)15-19-9-10-20-7-5-6-8-21(20)13-19;;/h5-14,24,29-30H,4,15,17-18H2,1-3H3;;. The third-order valence-electron chi connectivity index (χ3n) is 5.32. The van der Waals surface area contributed by atoms with Crippen molar-refractivity contribution in [2.75, 3.05) is 19.8 Å². The predicted octanol–water partition coefficient (Wildman–Crippen LogP) is 3.59. The van der Waals surface area contributed by atoms with Gasteiger partial charge in [0.15, 0.2) is 0 Å². The second-order valence-corrected chi connectivity index (χ2v) is 8.63. The minimum atomic E-state index is -0.793. The molecular weight excluding hydrogens is 439 g/mol. The van der Waals surface area contributed by atoms with E-state index in [0.29, 0.717) is 17.7 Å². The van der Waals surface area contributed by atoms with Crippen LogP contribution in [0.25, 0.3) is 10.8 Å². The van der Waals surface area contributed by atoms with Gasteiger partial charge in [0.2, 0.25) is 0 Å². The number of benzene rings is 3. The molecular formula is C27H31N2NaO4. The molecule has 0 radical (unpaired) electrons. The molecule has 1 unspecified atom stereocenters. The number of esters is 1. The molecule has 1 atom stereocenters. The summed E-state index contributed by atoms with van der Waals surface area (Å²) in [5.74, 6) is -0.234. The second kappa shape index (κ2) is 12.9. The van der Waals surface area contributed by atoms with Gasteiger partial charge in [-0.25, -0.2) is 4.79 Å². The number of nitrogens with one attached hydrogen (secondary N) is 1. The summed E-state index contributed by atoms with van der Waals surface area (Å²) < 4.78 is 10.7. The van der Waals surface area contributed by atoms with Gasteiger partial charge < -0.3 is 19.9 Å². The Morgan fingerprint density at radius 1 is 1.12 bits per heavy atom. The Labute approximate surface area is 223 Å². The van der Waals surface area contributed by atoms with E-state index >= 15 is 0 Å². The monoisotopic (exact) mass is 470 g/mol. The maximum atomic E-state index is 11.9. The number of carbonyl (C=O) groups is 1. The Morgan fingerprint density at radius 3 is 2.56 bits per heavy atom. The number of carbonyl (C=O) groups excluding carboxylic acids is 1. The molecule has 0 aliphatic heterocycles. The summed E-state index contributed by atoms with van der Waals surface area (Å²) in [6.45, 7) is 6.47. The van der Waals surface area contributed by atoms with Crippen molar-refractivity contribution in [1.82, 2.24) is 5.32 Å². The van der Waals surface area contributed by atoms with E-state index < -0.39 is 12.1 Å². The molecule has 3 aromatic carbocycles. The van der Waals surface area contributed by atoms with Gasteiger partial charge in [-0.15, -0.1) is 0 Å². The fourth-order valence-electron chi connectivity index (χ4n) is 3.64. The van der Waals surface area contributed by atoms with E-state index in [1.165, 1.54) is 34.5 Å². The zero-order valence-electron chi connectivity index (χ0n) is 19.3. The van der Waals surface area contributed by atoms with Crippen LogP contribution in [0.5, 0.6) is 5.75 Å². The summed E-state index contributed by atoms with van der Waals surface area (Å²) in [6, 6.07) is 21.3. The molecule has 0 aliphatic carbocycles. The Balaban J connectivity index is 0.00000408. The summed E-state index contributed by atoms with van der Waals surface area (Å²) in [5.41, 5.74) is 1.56. The fraction of sp³-hybridized carbons (Fsp3) is 0.333. The van der Waals surface area contributed by atoms with Crippen LogP contribution in [0.1, 0.15) is 42.3 Å². The molecule has 0 saturated heterocycles. The van der Waals surface area contributed by atoms with Crippen LogP contribution >= 0.6 is 0 Å². The number of aliphatic hydroxyl groups excluding tert-OH is 1. The van der Waals surface area contributed by atoms with E-state index in [1.807, 2.05) is 18.2 Å². The van der Waals surface area contributed by atoms with Gasteiger partial charge in [0, 0.05) is 12.1 Å². The number of aliphatic hydroxyl groups is 1. The molecule has 3 rings (SSSR count). The summed E-state index contributed by atoms with van der Waals surface area (Å²) >= 11 is 0. The first-order chi connectivity index (χ1) is 15.8. The maximum absolute atomic E-state index is 11.9. The van der Waals surface area contributed by atoms with Gasteiger partial charge in [-0.1, -0.05) is 42.5 Å². The number of nitriles is 1. The van der Waals surface area contributed by atoms with Gasteiger partial charge >= 0.3 is 35.5 Å². The quantitative estimate of drug-likeness (QED) is 0.348. The molecule has 174 valence electrons. The number of β-amino-alcohol motifs (C(OH)–C–C–N with tert-alkyl or cyclic N) is 1. The molecule has 0 heterocycles. The molecule has 3 aromatic rings. The molecule has 0 bridgehead atoms. The number of ether oxygens (including phenoxy) is 2. The SMILES string of the molecule is CCOC(=O)c1ccc(C#N)c(OCC(O)CNC(C)(C)Cc2ccc3ccccc3c2)c1.[NaH]. The van der Waals surface area contributed by atoms with Gasteiger partial charge in [-0.2, -0.15) is 5.26 Å². The van der Waals surface area contributed by atoms with Gasteiger partial charge in [-0.3, -0.25) is 0 Å². The Kier molecular flexibility index (Phi) is 10.6. The summed E-state index contributed by atoms with van der Waals surface area (Å²) in [4.78, 5) is 11.9. The molecule has 0 spiro atoms. The van der Waals surface area contributed by atoms with Gasteiger partial charge in [0.05, 0.1) is 17.7 Å². The van der Waals surface area contributed by atoms with Crippen LogP contribution in [0.3, 0.4) is 0 Å². The molecule has 0 aromatic heterocycles. The van der Waals surface area contributed by atoms with Crippen LogP contribution < -0.4 is 10.1 Å². The van der Waals surface area contributed by atoms with E-state index in [-0.39, 0.29) is 54.1 Å². The number of hydrogen-bond acceptors (Lipinski definition) is 6. The molecule has 0 aliphatic rings. The zero-order valence-corrected chi connectivity index (χ0v) is 19.3. The third kappa shape index (κ3) is 7.83. The minimum absolute atomic E-state index is 0. The van der Waals surface area contributed by atoms with E-state index in [4.69, 9.17) is 9.47 Å². The van der Waals surface area contributed by atoms with E-state index in [2.05, 4.69) is 49.5 Å². The summed E-state index contributed by atoms with van der Waals surface area (Å²) in [7, 11) is 0. The topological polar surface area (TPSA) is 91.6 Å². The van der Waals surface area contributed by atoms with Crippen LogP contribution in [0.15, 0.2) is 60.7 Å². The molecule has 7 heteroatoms. The van der Waals surface area contributed by atoms with Crippen molar-refractivity contribution in [3.8, 4) is 11.8 Å². The van der Waals surface area contributed by atoms with Crippen molar-refractivity contribution < 1.29 is 19.4 Å². The Bertz CT molecular complexity index is 1160. The van der Waals surface area contributed by atoms with Crippen LogP contribution in [0.4, 0.5) is 0 Å². The van der Waals surface area contributed by atoms with Crippen molar-refractivity contribution in [3.63, 3.8) is 0 Å². The number of nitrogens with zero attached hydrogens (tertiary/aromatic N) is 1. The number of fused-ring (bicyclic) bond motifs is 1. The van der Waals surface area contributed by atoms with Crippen molar-refractivity contribution in [2.45, 2.75) is 38.8 Å². The van der Waals surface area contributed by atoms with Crippen molar-refractivity contribution in [3.05, 3.63) is 77.4 Å². The normalized spacial score (nSPS) is 11.9. The molecule has 0 saturated carbocycles. The van der Waals surface area contributed by atoms with Crippen molar-refractivity contribution >= 4 is 46.3 Å². The van der Waals surface area contributed by atoms with Gasteiger partial charge in [-0.05, 0) is 61.7 Å². The second-order valence-electron chi connectivity index (χ2n) is 8.63. The Morgan fingerprint density at radius 2 is 1.85 bits per heavy atom. The van der Waals surface area contributed by atoms with E-state index in [0.717, 1.165) is 6.42 Å². The van der Waals surface area contributed by atoms with Crippen molar-refractivity contribution in [1.29, 1.82) is 5.26 Å². The average molecular weight is 471 g/mol. The summed E-state index contributed by atoms with van der Waals surface area (Å²) in [6.07, 6.45) is 0.00430. The first-order valence-corrected chi connectivity index (χ1v) is 11.1. The van der Waals surface area contributed by atoms with Crippen LogP contribution in [0.2, 0.25) is 0 Å². The Hall–Kier alpha value is -2.40. The van der Waals surface area contributed by atoms with Crippen LogP contribution in [-0.4, -0.2) is 72.0 Å². The summed E-state index contributed by atoms with van der Waals surface area (Å²) in [5, 5.41) is 25.6. The van der Waals surface area contributed by atoms with Crippen LogP contribution in [0, 0.1) is 11.3 Å². The molecule has 0 fully saturated rings. The number of rotatable bonds is 10. The molecule has 34 heavy (non-hydrogen) atoms. The molecule has 0 amide bonds. The first-order valence-electron chi connectivity index (χ1n) is 11.1. The van der Waals surface area contributed by atoms with Crippen LogP contribution in [-0.2, 0) is 11.2 Å².